The third-order valence-corrected chi connectivity index (χ3v) is 9.04. The first-order chi connectivity index (χ1) is 32.9. The molecule has 68 heavy (non-hydrogen) atoms. The average molecular weight is 1010 g/mol. The minimum Gasteiger partial charge on any atom is -0.451 e. The number of carbonyl (C=O) groups excluding carboxylic acids is 5. The second kappa shape index (κ2) is 41.8. The van der Waals surface area contributed by atoms with Gasteiger partial charge in [-0.3, -0.25) is 24.0 Å². The number of unbranched alkanes of at least 4 members (excludes halogenated alkanes) is 1. The summed E-state index contributed by atoms with van der Waals surface area (Å²) in [4.78, 5) is 64.6. The van der Waals surface area contributed by atoms with E-state index in [0.29, 0.717) is 64.4 Å². The van der Waals surface area contributed by atoms with E-state index in [1.807, 2.05) is 0 Å². The lowest BCUT2D eigenvalue weighted by atomic mass is 10.1. The number of hydrogen-bond acceptors (Lipinski definition) is 16. The normalized spacial score (nSPS) is 15.1. The van der Waals surface area contributed by atoms with Gasteiger partial charge in [0.25, 0.3) is 0 Å². The van der Waals surface area contributed by atoms with Gasteiger partial charge in [-0.2, -0.15) is 12.6 Å². The summed E-state index contributed by atoms with van der Waals surface area (Å²) in [7, 11) is 0. The zero-order chi connectivity index (χ0) is 50.0. The molecule has 0 saturated carbocycles. The molecular formula is C41H66F5N7O14S. The zero-order valence-corrected chi connectivity index (χ0v) is 39.0. The first-order valence-corrected chi connectivity index (χ1v) is 22.8. The zero-order valence-electron chi connectivity index (χ0n) is 38.1. The minimum absolute atomic E-state index is 0.0238. The van der Waals surface area contributed by atoms with Crippen LogP contribution in [0.3, 0.4) is 0 Å². The average Bonchev–Trinajstić information content (AvgIpc) is 3.32. The van der Waals surface area contributed by atoms with Gasteiger partial charge in [-0.25, -0.2) is 22.0 Å². The van der Waals surface area contributed by atoms with Gasteiger partial charge in [0.05, 0.1) is 112 Å². The molecule has 0 heterocycles. The Hall–Kier alpha value is -4.18. The Bertz CT molecular complexity index is 1570. The van der Waals surface area contributed by atoms with E-state index >= 15 is 0 Å². The predicted molar refractivity (Wildman–Crippen MR) is 236 cm³/mol. The molecule has 3 atom stereocenters. The summed E-state index contributed by atoms with van der Waals surface area (Å²) in [5.74, 6) is -10.7. The van der Waals surface area contributed by atoms with E-state index in [9.17, 15) is 45.9 Å². The van der Waals surface area contributed by atoms with E-state index in [1.165, 1.54) is 0 Å². The summed E-state index contributed by atoms with van der Waals surface area (Å²) in [6, 6.07) is -0.861. The Balaban J connectivity index is 2.29. The maximum Gasteiger partial charge on any atom is 0.308 e. The van der Waals surface area contributed by atoms with Crippen LogP contribution in [0.1, 0.15) is 51.4 Å². The number of ether oxygens (including phenoxy) is 9. The summed E-state index contributed by atoms with van der Waals surface area (Å²) in [5.41, 5.74) is 8.23. The highest BCUT2D eigenvalue weighted by Crippen LogP contribution is 2.37. The van der Waals surface area contributed by atoms with Gasteiger partial charge in [-0.15, -0.1) is 0 Å². The van der Waals surface area contributed by atoms with E-state index in [0.717, 1.165) is 0 Å². The molecule has 0 aromatic heterocycles. The molecule has 0 aliphatic heterocycles. The molecule has 2 unspecified atom stereocenters. The molecule has 4 amide bonds. The molecule has 390 valence electrons. The van der Waals surface area contributed by atoms with Crippen molar-refractivity contribution in [3.63, 3.8) is 0 Å². The fourth-order valence-corrected chi connectivity index (χ4v) is 5.52. The van der Waals surface area contributed by atoms with Gasteiger partial charge in [0, 0.05) is 56.1 Å². The molecule has 21 nitrogen and oxygen atoms in total. The lowest BCUT2D eigenvalue weighted by Crippen LogP contribution is -2.47. The minimum atomic E-state index is -3.02. The second-order valence-electron chi connectivity index (χ2n) is 14.2. The summed E-state index contributed by atoms with van der Waals surface area (Å²) in [6.07, 6.45) is -4.05. The summed E-state index contributed by atoms with van der Waals surface area (Å²) in [5, 5.41) is 14.4. The molecule has 0 bridgehead atoms. The number of azide groups is 1. The quantitative estimate of drug-likeness (QED) is 0.0112. The molecule has 4 N–H and O–H groups in total. The largest absolute Gasteiger partial charge is 0.451 e. The van der Waals surface area contributed by atoms with Crippen molar-refractivity contribution in [3.8, 4) is 0 Å². The summed E-state index contributed by atoms with van der Waals surface area (Å²) >= 11 is 4.05. The van der Waals surface area contributed by atoms with Gasteiger partial charge < -0.3 is 63.9 Å². The van der Waals surface area contributed by atoms with Gasteiger partial charge in [0.15, 0.2) is 35.6 Å². The number of rotatable bonds is 44. The van der Waals surface area contributed by atoms with Gasteiger partial charge in [0.1, 0.15) is 6.04 Å². The molecule has 0 aromatic rings. The van der Waals surface area contributed by atoms with Crippen LogP contribution in [-0.2, 0) is 66.6 Å². The predicted octanol–water partition coefficient (Wildman–Crippen LogP) is 2.88. The molecule has 0 saturated heterocycles. The maximum absolute atomic E-state index is 13.8. The monoisotopic (exact) mass is 1010 g/mol. The molecule has 27 heteroatoms. The van der Waals surface area contributed by atoms with Crippen molar-refractivity contribution < 1.29 is 88.6 Å². The molecule has 0 spiro atoms. The van der Waals surface area contributed by atoms with Crippen LogP contribution in [0.15, 0.2) is 28.4 Å². The van der Waals surface area contributed by atoms with Crippen LogP contribution >= 0.6 is 12.6 Å². The third-order valence-electron chi connectivity index (χ3n) is 8.86. The van der Waals surface area contributed by atoms with E-state index in [-0.39, 0.29) is 136 Å². The van der Waals surface area contributed by atoms with Crippen molar-refractivity contribution in [2.45, 2.75) is 69.7 Å². The Kier molecular flexibility index (Phi) is 38.0. The Labute approximate surface area is 397 Å². The fraction of sp³-hybridized carbons (Fsp3) is 0.780. The highest BCUT2D eigenvalue weighted by Gasteiger charge is 2.43. The number of thiol groups is 1. The van der Waals surface area contributed by atoms with Crippen molar-refractivity contribution in [1.82, 2.24) is 21.3 Å². The van der Waals surface area contributed by atoms with Gasteiger partial charge >= 0.3 is 5.97 Å². The van der Waals surface area contributed by atoms with Crippen LogP contribution in [0.2, 0.25) is 0 Å². The van der Waals surface area contributed by atoms with Crippen molar-refractivity contribution in [3.05, 3.63) is 33.8 Å². The Morgan fingerprint density at radius 2 is 1.06 bits per heavy atom. The lowest BCUT2D eigenvalue weighted by Gasteiger charge is -2.22. The standard InChI is InChI=1S/C41H66F5N7O14S/c42-35-36(43)38(45)40(39(46)37(35)44)67-34(57)8-15-61-19-23-64-25-26-65-24-22-62-16-11-50-41(58)30(4-1-2-9-48-31(54)6-13-59-18-21-63-17-12-51-53-47)52-33(56)5-3-10-49-32(55)7-14-60-20-27-66-28-29-68/h30,38,40,68H,1-29H2,(H,48,54)(H,49,55)(H,50,58)(H,52,56)/t30-,38?,40?/m0/s1. The van der Waals surface area contributed by atoms with Crippen molar-refractivity contribution in [2.75, 3.05) is 138 Å². The van der Waals surface area contributed by atoms with Crippen LogP contribution in [0, 0.1) is 0 Å². The molecular weight excluding hydrogens is 942 g/mol. The molecule has 0 fully saturated rings. The smallest absolute Gasteiger partial charge is 0.308 e. The Morgan fingerprint density at radius 3 is 1.62 bits per heavy atom. The first-order valence-electron chi connectivity index (χ1n) is 22.2. The molecule has 0 aromatic carbocycles. The highest BCUT2D eigenvalue weighted by atomic mass is 32.1. The summed E-state index contributed by atoms with van der Waals surface area (Å²) < 4.78 is 114. The van der Waals surface area contributed by atoms with E-state index in [1.54, 1.807) is 0 Å². The topological polar surface area (TPSA) is 265 Å². The number of amides is 4. The fourth-order valence-electron chi connectivity index (χ4n) is 5.39. The Morgan fingerprint density at radius 1 is 0.574 bits per heavy atom. The van der Waals surface area contributed by atoms with Crippen molar-refractivity contribution in [1.29, 1.82) is 0 Å². The molecule has 1 aliphatic rings. The number of carbonyl (C=O) groups is 5. The SMILES string of the molecule is [N-]=[N+]=NCCOCCOCCC(=O)NCCCC[C@H](NC(=O)CCCNC(=O)CCOCCOCCS)C(=O)NCCOCCOCCOCCOCCC(=O)OC1C(F)=C(F)C(F)=C(F)C1F. The number of alkyl halides is 1. The number of allylic oxidation sites excluding steroid dienone is 2. The molecule has 1 rings (SSSR count). The van der Waals surface area contributed by atoms with Gasteiger partial charge in [0.2, 0.25) is 23.6 Å². The van der Waals surface area contributed by atoms with Gasteiger partial charge in [-0.1, -0.05) is 5.11 Å². The van der Waals surface area contributed by atoms with Crippen LogP contribution in [0.4, 0.5) is 22.0 Å². The van der Waals surface area contributed by atoms with E-state index < -0.39 is 59.9 Å². The number of esters is 1. The van der Waals surface area contributed by atoms with Crippen LogP contribution in [-0.4, -0.2) is 186 Å². The number of hydrogen-bond donors (Lipinski definition) is 5. The van der Waals surface area contributed by atoms with Gasteiger partial charge in [-0.05, 0) is 31.2 Å². The molecule has 0 radical (unpaired) electrons. The van der Waals surface area contributed by atoms with Crippen LogP contribution in [0.5, 0.6) is 0 Å². The number of halogens is 5. The van der Waals surface area contributed by atoms with Crippen LogP contribution in [0.25, 0.3) is 10.4 Å². The number of nitrogens with one attached hydrogen (secondary N) is 4. The lowest BCUT2D eigenvalue weighted by molar-refractivity contribution is -0.152. The van der Waals surface area contributed by atoms with Crippen LogP contribution < -0.4 is 21.3 Å². The maximum atomic E-state index is 13.8. The van der Waals surface area contributed by atoms with Crippen molar-refractivity contribution in [2.24, 2.45) is 5.11 Å². The van der Waals surface area contributed by atoms with E-state index in [4.69, 9.17) is 43.4 Å². The summed E-state index contributed by atoms with van der Waals surface area (Å²) in [6.45, 7) is 4.36. The van der Waals surface area contributed by atoms with E-state index in [2.05, 4.69) is 48.7 Å². The molecule has 1 aliphatic carbocycles. The number of nitrogens with zero attached hydrogens (tertiary/aromatic N) is 3. The third kappa shape index (κ3) is 31.8. The highest BCUT2D eigenvalue weighted by molar-refractivity contribution is 7.80. The first kappa shape index (κ1) is 61.8. The van der Waals surface area contributed by atoms with Crippen molar-refractivity contribution >= 4 is 42.2 Å². The second-order valence-corrected chi connectivity index (χ2v) is 14.6.